The minimum absolute atomic E-state index is 0.142. The Morgan fingerprint density at radius 2 is 1.69 bits per heavy atom. The van der Waals surface area contributed by atoms with Crippen LogP contribution in [0.1, 0.15) is 28.8 Å². The Morgan fingerprint density at radius 1 is 1.04 bits per heavy atom. The van der Waals surface area contributed by atoms with Crippen molar-refractivity contribution < 1.29 is 19.6 Å². The molecule has 7 heteroatoms. The summed E-state index contributed by atoms with van der Waals surface area (Å²) in [7, 11) is 0. The molecule has 1 N–H and O–H groups in total. The number of aliphatic carboxylic acids is 1. The summed E-state index contributed by atoms with van der Waals surface area (Å²) in [6.45, 7) is 0.561. The van der Waals surface area contributed by atoms with Gasteiger partial charge in [-0.3, -0.25) is 19.7 Å². The van der Waals surface area contributed by atoms with Crippen molar-refractivity contribution in [2.75, 3.05) is 13.1 Å². The molecule has 1 fully saturated rings. The molecule has 0 aliphatic carbocycles. The van der Waals surface area contributed by atoms with Gasteiger partial charge in [0.1, 0.15) is 0 Å². The topological polar surface area (TPSA) is 101 Å². The molecule has 0 radical (unpaired) electrons. The average Bonchev–Trinajstić information content (AvgIpc) is 2.68. The second-order valence-corrected chi connectivity index (χ2v) is 6.35. The molecule has 2 aromatic carbocycles. The van der Waals surface area contributed by atoms with Crippen LogP contribution in [0.3, 0.4) is 0 Å². The Hall–Kier alpha value is -3.22. The quantitative estimate of drug-likeness (QED) is 0.672. The van der Waals surface area contributed by atoms with Gasteiger partial charge >= 0.3 is 5.97 Å². The number of amides is 1. The first-order valence-electron chi connectivity index (χ1n) is 8.27. The van der Waals surface area contributed by atoms with Gasteiger partial charge < -0.3 is 10.0 Å². The van der Waals surface area contributed by atoms with Crippen LogP contribution in [0.25, 0.3) is 0 Å². The van der Waals surface area contributed by atoms with Gasteiger partial charge in [-0.25, -0.2) is 0 Å². The number of non-ortho nitro benzene ring substituents is 1. The molecule has 0 aromatic heterocycles. The molecule has 3 rings (SSSR count). The normalized spacial score (nSPS) is 16.1. The maximum atomic E-state index is 12.6. The van der Waals surface area contributed by atoms with E-state index in [9.17, 15) is 24.8 Å². The van der Waals surface area contributed by atoms with Crippen LogP contribution in [-0.2, 0) is 10.2 Å². The van der Waals surface area contributed by atoms with Crippen molar-refractivity contribution in [2.45, 2.75) is 18.3 Å². The number of likely N-dealkylation sites (tertiary alicyclic amines) is 1. The predicted octanol–water partition coefficient (Wildman–Crippen LogP) is 2.85. The van der Waals surface area contributed by atoms with Crippen LogP contribution in [0.15, 0.2) is 54.6 Å². The number of nitro groups is 1. The zero-order chi connectivity index (χ0) is 18.7. The lowest BCUT2D eigenvalue weighted by atomic mass is 9.73. The van der Waals surface area contributed by atoms with Gasteiger partial charge in [-0.15, -0.1) is 0 Å². The standard InChI is InChI=1S/C19H18N2O5/c22-17(14-5-4-8-16(13-14)21(25)26)20-11-9-19(10-12-20,18(23)24)15-6-2-1-3-7-15/h1-8,13H,9-12H2,(H,23,24). The molecule has 0 spiro atoms. The highest BCUT2D eigenvalue weighted by molar-refractivity contribution is 5.95. The van der Waals surface area contributed by atoms with Crippen molar-refractivity contribution in [2.24, 2.45) is 0 Å². The molecule has 1 aliphatic heterocycles. The zero-order valence-corrected chi connectivity index (χ0v) is 14.0. The molecule has 0 atom stereocenters. The molecule has 0 bridgehead atoms. The van der Waals surface area contributed by atoms with Crippen LogP contribution in [0.5, 0.6) is 0 Å². The number of rotatable bonds is 4. The Labute approximate surface area is 150 Å². The molecule has 1 saturated heterocycles. The second-order valence-electron chi connectivity index (χ2n) is 6.35. The monoisotopic (exact) mass is 354 g/mol. The van der Waals surface area contributed by atoms with Crippen LogP contribution < -0.4 is 0 Å². The molecule has 0 unspecified atom stereocenters. The molecule has 2 aromatic rings. The lowest BCUT2D eigenvalue weighted by Gasteiger charge is -2.39. The third-order valence-corrected chi connectivity index (χ3v) is 4.94. The van der Waals surface area contributed by atoms with Gasteiger partial charge in [-0.1, -0.05) is 36.4 Å². The third-order valence-electron chi connectivity index (χ3n) is 4.94. The number of piperidine rings is 1. The van der Waals surface area contributed by atoms with E-state index in [1.807, 2.05) is 6.07 Å². The van der Waals surface area contributed by atoms with Gasteiger partial charge in [0.2, 0.25) is 0 Å². The van der Waals surface area contributed by atoms with Crippen molar-refractivity contribution >= 4 is 17.6 Å². The molecule has 0 saturated carbocycles. The first-order valence-corrected chi connectivity index (χ1v) is 8.27. The number of nitro benzene ring substituents is 1. The van der Waals surface area contributed by atoms with E-state index in [-0.39, 0.29) is 30.2 Å². The summed E-state index contributed by atoms with van der Waals surface area (Å²) in [5.74, 6) is -1.22. The van der Waals surface area contributed by atoms with Crippen molar-refractivity contribution in [3.8, 4) is 0 Å². The molecule has 134 valence electrons. The summed E-state index contributed by atoms with van der Waals surface area (Å²) < 4.78 is 0. The number of hydrogen-bond donors (Lipinski definition) is 1. The number of carbonyl (C=O) groups excluding carboxylic acids is 1. The van der Waals surface area contributed by atoms with E-state index < -0.39 is 16.3 Å². The highest BCUT2D eigenvalue weighted by Crippen LogP contribution is 2.36. The number of carbonyl (C=O) groups is 2. The molecule has 1 amide bonds. The van der Waals surface area contributed by atoms with E-state index in [1.165, 1.54) is 24.3 Å². The summed E-state index contributed by atoms with van der Waals surface area (Å²) >= 11 is 0. The van der Waals surface area contributed by atoms with Gasteiger partial charge in [0.05, 0.1) is 10.3 Å². The zero-order valence-electron chi connectivity index (χ0n) is 14.0. The lowest BCUT2D eigenvalue weighted by Crippen LogP contribution is -2.49. The fraction of sp³-hybridized carbons (Fsp3) is 0.263. The first kappa shape index (κ1) is 17.6. The SMILES string of the molecule is O=C(c1cccc([N+](=O)[O-])c1)N1CCC(C(=O)O)(c2ccccc2)CC1. The van der Waals surface area contributed by atoms with Gasteiger partial charge in [-0.05, 0) is 24.5 Å². The summed E-state index contributed by atoms with van der Waals surface area (Å²) in [4.78, 5) is 36.5. The average molecular weight is 354 g/mol. The van der Waals surface area contributed by atoms with Crippen LogP contribution in [0, 0.1) is 10.1 Å². The predicted molar refractivity (Wildman–Crippen MR) is 94.0 cm³/mol. The van der Waals surface area contributed by atoms with Crippen molar-refractivity contribution in [3.63, 3.8) is 0 Å². The molecule has 26 heavy (non-hydrogen) atoms. The van der Waals surface area contributed by atoms with E-state index in [2.05, 4.69) is 0 Å². The lowest BCUT2D eigenvalue weighted by molar-refractivity contribution is -0.384. The van der Waals surface area contributed by atoms with E-state index in [0.717, 1.165) is 5.56 Å². The Kier molecular flexibility index (Phi) is 4.71. The fourth-order valence-corrected chi connectivity index (χ4v) is 3.41. The summed E-state index contributed by atoms with van der Waals surface area (Å²) in [6, 6.07) is 14.6. The minimum atomic E-state index is -1.01. The summed E-state index contributed by atoms with van der Waals surface area (Å²) in [6.07, 6.45) is 0.597. The van der Waals surface area contributed by atoms with Gasteiger partial charge in [0, 0.05) is 30.8 Å². The minimum Gasteiger partial charge on any atom is -0.481 e. The van der Waals surface area contributed by atoms with E-state index in [1.54, 1.807) is 29.2 Å². The van der Waals surface area contributed by atoms with Crippen molar-refractivity contribution in [1.29, 1.82) is 0 Å². The van der Waals surface area contributed by atoms with E-state index in [4.69, 9.17) is 0 Å². The molecular formula is C19H18N2O5. The Bertz CT molecular complexity index is 842. The Morgan fingerprint density at radius 3 is 2.27 bits per heavy atom. The number of carboxylic acids is 1. The van der Waals surface area contributed by atoms with Crippen LogP contribution in [0.4, 0.5) is 5.69 Å². The molecule has 1 heterocycles. The number of carboxylic acid groups (broad SMARTS) is 1. The van der Waals surface area contributed by atoms with Gasteiger partial charge in [-0.2, -0.15) is 0 Å². The van der Waals surface area contributed by atoms with Gasteiger partial charge in [0.15, 0.2) is 0 Å². The van der Waals surface area contributed by atoms with Crippen LogP contribution in [-0.4, -0.2) is 39.9 Å². The van der Waals surface area contributed by atoms with Crippen LogP contribution in [0.2, 0.25) is 0 Å². The molecule has 7 nitrogen and oxygen atoms in total. The molecular weight excluding hydrogens is 336 g/mol. The van der Waals surface area contributed by atoms with E-state index >= 15 is 0 Å². The fourth-order valence-electron chi connectivity index (χ4n) is 3.41. The molecule has 1 aliphatic rings. The van der Waals surface area contributed by atoms with Gasteiger partial charge in [0.25, 0.3) is 11.6 Å². The van der Waals surface area contributed by atoms with Crippen molar-refractivity contribution in [3.05, 3.63) is 75.8 Å². The van der Waals surface area contributed by atoms with E-state index in [0.29, 0.717) is 12.8 Å². The maximum absolute atomic E-state index is 12.6. The number of benzene rings is 2. The van der Waals surface area contributed by atoms with Crippen molar-refractivity contribution in [1.82, 2.24) is 4.90 Å². The number of nitrogens with zero attached hydrogens (tertiary/aromatic N) is 2. The summed E-state index contributed by atoms with van der Waals surface area (Å²) in [5.41, 5.74) is -0.186. The second kappa shape index (κ2) is 6.95. The largest absolute Gasteiger partial charge is 0.481 e. The summed E-state index contributed by atoms with van der Waals surface area (Å²) in [5, 5.41) is 20.7. The smallest absolute Gasteiger partial charge is 0.314 e. The maximum Gasteiger partial charge on any atom is 0.314 e. The highest BCUT2D eigenvalue weighted by Gasteiger charge is 2.43. The third kappa shape index (κ3) is 3.15. The Balaban J connectivity index is 1.79. The highest BCUT2D eigenvalue weighted by atomic mass is 16.6. The van der Waals surface area contributed by atoms with Crippen LogP contribution >= 0.6 is 0 Å². The first-order chi connectivity index (χ1) is 12.4. The number of hydrogen-bond acceptors (Lipinski definition) is 4.